The molecule has 1 aromatic carbocycles. The molecule has 1 saturated carbocycles. The lowest BCUT2D eigenvalue weighted by Crippen LogP contribution is -1.91. The van der Waals surface area contributed by atoms with Crippen molar-refractivity contribution in [1.82, 2.24) is 4.98 Å². The van der Waals surface area contributed by atoms with Gasteiger partial charge in [0.1, 0.15) is 10.7 Å². The first-order valence-corrected chi connectivity index (χ1v) is 7.94. The Morgan fingerprint density at radius 2 is 1.89 bits per heavy atom. The highest BCUT2D eigenvalue weighted by Gasteiger charge is 2.22. The molecule has 1 aliphatic carbocycles. The van der Waals surface area contributed by atoms with Crippen LogP contribution in [0.2, 0.25) is 10.0 Å². The van der Waals surface area contributed by atoms with Gasteiger partial charge in [-0.1, -0.05) is 42.1 Å². The molecule has 0 unspecified atom stereocenters. The van der Waals surface area contributed by atoms with Crippen molar-refractivity contribution in [2.75, 3.05) is 5.73 Å². The molecule has 1 aliphatic rings. The van der Waals surface area contributed by atoms with E-state index in [0.29, 0.717) is 16.0 Å². The summed E-state index contributed by atoms with van der Waals surface area (Å²) in [4.78, 5) is 4.72. The minimum absolute atomic E-state index is 0.536. The van der Waals surface area contributed by atoms with Crippen molar-refractivity contribution in [1.29, 1.82) is 0 Å². The Morgan fingerprint density at radius 3 is 2.58 bits per heavy atom. The summed E-state index contributed by atoms with van der Waals surface area (Å²) in [5, 5.41) is 3.01. The summed E-state index contributed by atoms with van der Waals surface area (Å²) in [7, 11) is 0. The van der Waals surface area contributed by atoms with E-state index in [1.54, 1.807) is 17.4 Å². The van der Waals surface area contributed by atoms with Gasteiger partial charge in [-0.05, 0) is 25.0 Å². The molecule has 2 nitrogen and oxygen atoms in total. The molecule has 2 N–H and O–H groups in total. The summed E-state index contributed by atoms with van der Waals surface area (Å²) in [5.74, 6) is 0.587. The van der Waals surface area contributed by atoms with Crippen LogP contribution >= 0.6 is 34.5 Å². The van der Waals surface area contributed by atoms with Gasteiger partial charge in [-0.2, -0.15) is 0 Å². The molecular formula is C14H14Cl2N2S. The zero-order chi connectivity index (χ0) is 13.4. The minimum atomic E-state index is 0.536. The maximum Gasteiger partial charge on any atom is 0.114 e. The number of hydrogen-bond donors (Lipinski definition) is 1. The number of nitrogens with zero attached hydrogens (tertiary/aromatic N) is 1. The molecule has 0 amide bonds. The van der Waals surface area contributed by atoms with Crippen LogP contribution in [0.25, 0.3) is 11.3 Å². The second-order valence-electron chi connectivity index (χ2n) is 4.88. The summed E-state index contributed by atoms with van der Waals surface area (Å²) in [6.45, 7) is 0. The Hall–Kier alpha value is -0.770. The van der Waals surface area contributed by atoms with E-state index in [1.807, 2.05) is 12.1 Å². The number of rotatable bonds is 2. The number of nitrogen functional groups attached to an aromatic ring is 1. The van der Waals surface area contributed by atoms with Gasteiger partial charge >= 0.3 is 0 Å². The molecule has 1 heterocycles. The van der Waals surface area contributed by atoms with Gasteiger partial charge in [-0.25, -0.2) is 4.98 Å². The summed E-state index contributed by atoms with van der Waals surface area (Å²) in [5.41, 5.74) is 7.88. The predicted octanol–water partition coefficient (Wildman–Crippen LogP) is 5.36. The quantitative estimate of drug-likeness (QED) is 0.811. The molecule has 100 valence electrons. The summed E-state index contributed by atoms with van der Waals surface area (Å²) < 4.78 is 0. The van der Waals surface area contributed by atoms with E-state index >= 15 is 0 Å². The first-order valence-electron chi connectivity index (χ1n) is 6.37. The van der Waals surface area contributed by atoms with Gasteiger partial charge in [0.25, 0.3) is 0 Å². The second-order valence-corrected chi connectivity index (χ2v) is 6.75. The van der Waals surface area contributed by atoms with Gasteiger partial charge in [-0.15, -0.1) is 11.3 Å². The monoisotopic (exact) mass is 312 g/mol. The van der Waals surface area contributed by atoms with E-state index in [2.05, 4.69) is 0 Å². The highest BCUT2D eigenvalue weighted by Crippen LogP contribution is 2.41. The van der Waals surface area contributed by atoms with Crippen LogP contribution in [-0.4, -0.2) is 4.98 Å². The van der Waals surface area contributed by atoms with E-state index in [-0.39, 0.29) is 0 Å². The van der Waals surface area contributed by atoms with Crippen molar-refractivity contribution in [2.45, 2.75) is 31.6 Å². The van der Waals surface area contributed by atoms with Crippen molar-refractivity contribution in [3.63, 3.8) is 0 Å². The van der Waals surface area contributed by atoms with Gasteiger partial charge < -0.3 is 5.73 Å². The van der Waals surface area contributed by atoms with E-state index in [1.165, 1.54) is 25.7 Å². The number of nitrogens with two attached hydrogens (primary N) is 1. The first-order chi connectivity index (χ1) is 9.15. The van der Waals surface area contributed by atoms with Crippen LogP contribution in [-0.2, 0) is 0 Å². The topological polar surface area (TPSA) is 38.9 Å². The van der Waals surface area contributed by atoms with Gasteiger partial charge in [0.15, 0.2) is 0 Å². The van der Waals surface area contributed by atoms with Crippen LogP contribution in [0.4, 0.5) is 5.00 Å². The molecule has 19 heavy (non-hydrogen) atoms. The molecule has 3 rings (SSSR count). The van der Waals surface area contributed by atoms with Gasteiger partial charge in [0.05, 0.1) is 15.1 Å². The Kier molecular flexibility index (Phi) is 3.70. The summed E-state index contributed by atoms with van der Waals surface area (Å²) in [6.07, 6.45) is 5.06. The molecule has 5 heteroatoms. The third-order valence-electron chi connectivity index (χ3n) is 3.57. The maximum absolute atomic E-state index is 6.11. The molecule has 1 aromatic heterocycles. The van der Waals surface area contributed by atoms with Crippen LogP contribution in [0.15, 0.2) is 18.2 Å². The van der Waals surface area contributed by atoms with Crippen LogP contribution in [0.3, 0.4) is 0 Å². The molecule has 0 spiro atoms. The zero-order valence-electron chi connectivity index (χ0n) is 10.3. The van der Waals surface area contributed by atoms with Crippen molar-refractivity contribution in [3.05, 3.63) is 33.3 Å². The van der Waals surface area contributed by atoms with Crippen LogP contribution in [0.1, 0.15) is 36.6 Å². The van der Waals surface area contributed by atoms with Crippen molar-refractivity contribution in [3.8, 4) is 11.3 Å². The van der Waals surface area contributed by atoms with E-state index in [9.17, 15) is 0 Å². The summed E-state index contributed by atoms with van der Waals surface area (Å²) >= 11 is 13.6. The second kappa shape index (κ2) is 5.31. The number of thiazole rings is 1. The van der Waals surface area contributed by atoms with Crippen molar-refractivity contribution >= 4 is 39.5 Å². The molecular weight excluding hydrogens is 299 g/mol. The molecule has 0 bridgehead atoms. The van der Waals surface area contributed by atoms with E-state index in [4.69, 9.17) is 33.9 Å². The standard InChI is InChI=1S/C14H14Cl2N2S/c15-10-6-5-9(7-11(10)16)12-13(17)19-14(18-12)8-3-1-2-4-8/h5-8H,1-4,17H2. The van der Waals surface area contributed by atoms with Crippen LogP contribution in [0, 0.1) is 0 Å². The predicted molar refractivity (Wildman–Crippen MR) is 83.2 cm³/mol. The Bertz CT molecular complexity index is 603. The molecule has 0 aliphatic heterocycles. The third-order valence-corrected chi connectivity index (χ3v) is 5.35. The zero-order valence-corrected chi connectivity index (χ0v) is 12.7. The average Bonchev–Trinajstić information content (AvgIpc) is 3.01. The lowest BCUT2D eigenvalue weighted by atomic mass is 10.1. The Balaban J connectivity index is 1.97. The number of halogens is 2. The molecule has 2 aromatic rings. The fourth-order valence-electron chi connectivity index (χ4n) is 2.55. The van der Waals surface area contributed by atoms with Gasteiger partial charge in [0.2, 0.25) is 0 Å². The minimum Gasteiger partial charge on any atom is -0.389 e. The highest BCUT2D eigenvalue weighted by atomic mass is 35.5. The number of aromatic nitrogens is 1. The fraction of sp³-hybridized carbons (Fsp3) is 0.357. The SMILES string of the molecule is Nc1sc(C2CCCC2)nc1-c1ccc(Cl)c(Cl)c1. The molecule has 0 saturated heterocycles. The fourth-order valence-corrected chi connectivity index (χ4v) is 3.87. The lowest BCUT2D eigenvalue weighted by Gasteiger charge is -2.03. The normalized spacial score (nSPS) is 16.1. The van der Waals surface area contributed by atoms with Gasteiger partial charge in [0, 0.05) is 11.5 Å². The Labute approximate surface area is 126 Å². The van der Waals surface area contributed by atoms with Crippen molar-refractivity contribution in [2.24, 2.45) is 0 Å². The third kappa shape index (κ3) is 2.60. The smallest absolute Gasteiger partial charge is 0.114 e. The average molecular weight is 313 g/mol. The molecule has 0 radical (unpaired) electrons. The molecule has 1 fully saturated rings. The first kappa shape index (κ1) is 13.2. The maximum atomic E-state index is 6.11. The number of anilines is 1. The summed E-state index contributed by atoms with van der Waals surface area (Å²) in [6, 6.07) is 5.53. The number of benzene rings is 1. The van der Waals surface area contributed by atoms with Crippen LogP contribution in [0.5, 0.6) is 0 Å². The number of hydrogen-bond acceptors (Lipinski definition) is 3. The van der Waals surface area contributed by atoms with Crippen molar-refractivity contribution < 1.29 is 0 Å². The van der Waals surface area contributed by atoms with E-state index < -0.39 is 0 Å². The molecule has 0 atom stereocenters. The Morgan fingerprint density at radius 1 is 1.16 bits per heavy atom. The highest BCUT2D eigenvalue weighted by molar-refractivity contribution is 7.16. The van der Waals surface area contributed by atoms with Crippen LogP contribution < -0.4 is 5.73 Å². The van der Waals surface area contributed by atoms with Gasteiger partial charge in [-0.3, -0.25) is 0 Å². The van der Waals surface area contributed by atoms with E-state index in [0.717, 1.165) is 21.3 Å². The lowest BCUT2D eigenvalue weighted by molar-refractivity contribution is 0.717. The largest absolute Gasteiger partial charge is 0.389 e.